The average Bonchev–Trinajstić information content (AvgIpc) is 3.27. The summed E-state index contributed by atoms with van der Waals surface area (Å²) in [6.07, 6.45) is 6.28. The minimum Gasteiger partial charge on any atom is -0.495 e. The molecular weight excluding hydrogens is 883 g/mol. The number of ether oxygens (including phenoxy) is 4. The molecule has 4 heterocycles. The third-order valence-electron chi connectivity index (χ3n) is 11.8. The molecule has 5 N–H and O–H groups in total. The molecule has 4 fully saturated rings. The number of nitrogen functional groups attached to an aromatic ring is 1. The molecule has 0 saturated carbocycles. The second-order valence-electron chi connectivity index (χ2n) is 16.1. The minimum atomic E-state index is -0.743. The van der Waals surface area contributed by atoms with E-state index in [-0.39, 0.29) is 47.6 Å². The highest BCUT2D eigenvalue weighted by atomic mass is 35.5. The van der Waals surface area contributed by atoms with Gasteiger partial charge in [0, 0.05) is 68.2 Å². The molecule has 4 atom stereocenters. The van der Waals surface area contributed by atoms with Gasteiger partial charge >= 0.3 is 6.03 Å². The van der Waals surface area contributed by atoms with Crippen molar-refractivity contribution in [2.75, 3.05) is 77.9 Å². The number of rotatable bonds is 11. The Morgan fingerprint density at radius 2 is 1.08 bits per heavy atom. The van der Waals surface area contributed by atoms with Crippen molar-refractivity contribution in [3.8, 4) is 11.5 Å². The number of carbonyl (C=O) groups excluding carboxylic acids is 3. The zero-order chi connectivity index (χ0) is 46.2. The number of benzene rings is 4. The monoisotopic (exact) mass is 933 g/mol. The molecule has 0 aliphatic carbocycles. The predicted octanol–water partition coefficient (Wildman–Crippen LogP) is 6.30. The van der Waals surface area contributed by atoms with E-state index in [2.05, 4.69) is 15.1 Å². The highest BCUT2D eigenvalue weighted by Gasteiger charge is 2.40. The Bertz CT molecular complexity index is 2380. The SMILES string of the molecule is COc1cc(/C=C/C(=O)N2CC3COCC(C2)N3Cc2ccc(F)cc2)c(N)cc1Cl.COc1cc(/C=C/C(=O)N2CC3COCC(C2)N3Cc2ccc(F)cc2)c(NC(N)=O)cc1Cl. The zero-order valence-corrected chi connectivity index (χ0v) is 37.4. The number of primary amides is 1. The number of hydrogen-bond acceptors (Lipinski definition) is 10. The summed E-state index contributed by atoms with van der Waals surface area (Å²) < 4.78 is 48.4. The number of nitrogens with zero attached hydrogens (tertiary/aromatic N) is 4. The van der Waals surface area contributed by atoms with E-state index in [9.17, 15) is 23.2 Å². The van der Waals surface area contributed by atoms with Gasteiger partial charge < -0.3 is 45.5 Å². The van der Waals surface area contributed by atoms with Gasteiger partial charge in [0.2, 0.25) is 11.8 Å². The van der Waals surface area contributed by atoms with Crippen LogP contribution in [0, 0.1) is 11.6 Å². The maximum atomic E-state index is 13.3. The number of carbonyl (C=O) groups is 3. The fourth-order valence-electron chi connectivity index (χ4n) is 8.46. The molecular formula is C47H51Cl2F2N7O7. The Hall–Kier alpha value is -5.75. The molecule has 18 heteroatoms. The van der Waals surface area contributed by atoms with Crippen molar-refractivity contribution in [3.63, 3.8) is 0 Å². The number of hydrogen-bond donors (Lipinski definition) is 3. The van der Waals surface area contributed by atoms with E-state index >= 15 is 0 Å². The Balaban J connectivity index is 0.000000195. The van der Waals surface area contributed by atoms with Gasteiger partial charge in [0.15, 0.2) is 0 Å². The molecule has 14 nitrogen and oxygen atoms in total. The van der Waals surface area contributed by atoms with Crippen molar-refractivity contribution < 1.29 is 42.1 Å². The Kier molecular flexibility index (Phi) is 15.6. The zero-order valence-electron chi connectivity index (χ0n) is 35.9. The van der Waals surface area contributed by atoms with Gasteiger partial charge in [0.1, 0.15) is 23.1 Å². The molecule has 8 rings (SSSR count). The number of methoxy groups -OCH3 is 2. The number of fused-ring (bicyclic) bond motifs is 4. The van der Waals surface area contributed by atoms with Gasteiger partial charge in [-0.15, -0.1) is 0 Å². The quantitative estimate of drug-likeness (QED) is 0.115. The standard InChI is InChI=1S/C24H26ClFN4O4.C23H25ClFN3O3/c1-33-22-8-16(21(9-20(22)25)28-24(27)32)4-7-23(31)29-11-18-13-34-14-19(12-29)30(18)10-15-2-5-17(26)6-3-15;1-30-22-8-16(21(26)9-20(22)24)4-7-23(29)27-11-18-13-31-14-19(12-27)28(18)10-15-2-5-17(25)6-3-15/h2-9,18-19H,10-14H2,1H3,(H3,27,28,32);2-9,18-19H,10-14,26H2,1H3/b2*7-4+. The highest BCUT2D eigenvalue weighted by Crippen LogP contribution is 2.33. The van der Waals surface area contributed by atoms with Crippen molar-refractivity contribution in [3.05, 3.63) is 129 Å². The fraction of sp³-hybridized carbons (Fsp3) is 0.340. The number of piperazine rings is 2. The number of halogens is 4. The molecule has 4 bridgehead atoms. The van der Waals surface area contributed by atoms with E-state index in [4.69, 9.17) is 53.6 Å². The number of amides is 4. The fourth-order valence-corrected chi connectivity index (χ4v) is 8.95. The lowest BCUT2D eigenvalue weighted by Gasteiger charge is -2.49. The van der Waals surface area contributed by atoms with Crippen LogP contribution in [0.4, 0.5) is 25.0 Å². The van der Waals surface area contributed by atoms with Crippen molar-refractivity contribution in [2.45, 2.75) is 37.3 Å². The van der Waals surface area contributed by atoms with E-state index in [1.54, 1.807) is 59.5 Å². The summed E-state index contributed by atoms with van der Waals surface area (Å²) in [5, 5.41) is 3.24. The third kappa shape index (κ3) is 11.9. The summed E-state index contributed by atoms with van der Waals surface area (Å²) in [5.74, 6) is 0.174. The molecule has 4 aliphatic heterocycles. The lowest BCUT2D eigenvalue weighted by Crippen LogP contribution is -2.64. The van der Waals surface area contributed by atoms with E-state index in [1.165, 1.54) is 56.7 Å². The first-order valence-corrected chi connectivity index (χ1v) is 21.7. The molecule has 4 aliphatic rings. The van der Waals surface area contributed by atoms with Gasteiger partial charge in [-0.3, -0.25) is 19.4 Å². The lowest BCUT2D eigenvalue weighted by molar-refractivity contribution is -0.141. The number of anilines is 2. The van der Waals surface area contributed by atoms with E-state index in [1.807, 2.05) is 4.90 Å². The molecule has 4 saturated heterocycles. The Labute approximate surface area is 386 Å². The molecule has 4 unspecified atom stereocenters. The van der Waals surface area contributed by atoms with Crippen LogP contribution >= 0.6 is 23.2 Å². The highest BCUT2D eigenvalue weighted by molar-refractivity contribution is 6.32. The molecule has 344 valence electrons. The molecule has 0 aromatic heterocycles. The third-order valence-corrected chi connectivity index (χ3v) is 12.4. The number of nitrogens with one attached hydrogen (secondary N) is 1. The topological polar surface area (TPSA) is 165 Å². The molecule has 0 spiro atoms. The Morgan fingerprint density at radius 3 is 1.49 bits per heavy atom. The van der Waals surface area contributed by atoms with E-state index in [0.717, 1.165) is 11.1 Å². The average molecular weight is 935 g/mol. The molecule has 65 heavy (non-hydrogen) atoms. The summed E-state index contributed by atoms with van der Waals surface area (Å²) in [5.41, 5.74) is 15.4. The van der Waals surface area contributed by atoms with Crippen molar-refractivity contribution >= 4 is 64.6 Å². The Morgan fingerprint density at radius 1 is 0.677 bits per heavy atom. The largest absolute Gasteiger partial charge is 0.495 e. The summed E-state index contributed by atoms with van der Waals surface area (Å²) in [7, 11) is 3.01. The minimum absolute atomic E-state index is 0.0395. The van der Waals surface area contributed by atoms with Crippen LogP contribution in [0.1, 0.15) is 22.3 Å². The molecule has 4 aromatic carbocycles. The van der Waals surface area contributed by atoms with Gasteiger partial charge in [0.05, 0.1) is 80.5 Å². The van der Waals surface area contributed by atoms with E-state index in [0.29, 0.717) is 110 Å². The first-order chi connectivity index (χ1) is 31.3. The number of urea groups is 1. The van der Waals surface area contributed by atoms with Crippen molar-refractivity contribution in [1.82, 2.24) is 19.6 Å². The summed E-state index contributed by atoms with van der Waals surface area (Å²) in [6, 6.07) is 19.0. The lowest BCUT2D eigenvalue weighted by atomic mass is 10.0. The van der Waals surface area contributed by atoms with Crippen LogP contribution in [-0.4, -0.2) is 128 Å². The van der Waals surface area contributed by atoms with Gasteiger partial charge in [-0.05, 0) is 71.8 Å². The normalized spacial score (nSPS) is 20.9. The van der Waals surface area contributed by atoms with Gasteiger partial charge in [-0.25, -0.2) is 13.6 Å². The predicted molar refractivity (Wildman–Crippen MR) is 246 cm³/mol. The summed E-state index contributed by atoms with van der Waals surface area (Å²) >= 11 is 12.2. The first-order valence-electron chi connectivity index (χ1n) is 20.9. The number of nitrogens with two attached hydrogens (primary N) is 2. The van der Waals surface area contributed by atoms with E-state index < -0.39 is 6.03 Å². The summed E-state index contributed by atoms with van der Waals surface area (Å²) in [4.78, 5) is 45.6. The van der Waals surface area contributed by atoms with Crippen LogP contribution < -0.4 is 26.3 Å². The maximum Gasteiger partial charge on any atom is 0.316 e. The van der Waals surface area contributed by atoms with Crippen LogP contribution in [0.5, 0.6) is 11.5 Å². The first kappa shape index (κ1) is 47.2. The smallest absolute Gasteiger partial charge is 0.316 e. The van der Waals surface area contributed by atoms with Crippen LogP contribution in [0.2, 0.25) is 10.0 Å². The molecule has 4 aromatic rings. The maximum absolute atomic E-state index is 13.3. The van der Waals surface area contributed by atoms with Crippen LogP contribution in [0.25, 0.3) is 12.2 Å². The van der Waals surface area contributed by atoms with Crippen LogP contribution in [0.3, 0.4) is 0 Å². The second kappa shape index (κ2) is 21.5. The second-order valence-corrected chi connectivity index (χ2v) is 16.9. The van der Waals surface area contributed by atoms with Crippen molar-refractivity contribution in [2.24, 2.45) is 5.73 Å². The van der Waals surface area contributed by atoms with Gasteiger partial charge in [-0.1, -0.05) is 47.5 Å². The summed E-state index contributed by atoms with van der Waals surface area (Å²) in [6.45, 7) is 5.70. The van der Waals surface area contributed by atoms with Crippen LogP contribution in [-0.2, 0) is 32.2 Å². The molecule has 4 amide bonds. The number of morpholine rings is 2. The van der Waals surface area contributed by atoms with Gasteiger partial charge in [0.25, 0.3) is 0 Å². The van der Waals surface area contributed by atoms with Crippen LogP contribution in [0.15, 0.2) is 84.9 Å². The van der Waals surface area contributed by atoms with Crippen molar-refractivity contribution in [1.29, 1.82) is 0 Å². The molecule has 0 radical (unpaired) electrons. The van der Waals surface area contributed by atoms with Gasteiger partial charge in [-0.2, -0.15) is 0 Å².